The van der Waals surface area contributed by atoms with Gasteiger partial charge in [-0.25, -0.2) is 0 Å². The van der Waals surface area contributed by atoms with Crippen LogP contribution in [-0.4, -0.2) is 5.88 Å². The Balaban J connectivity index is 2.00. The molecule has 0 bridgehead atoms. The summed E-state index contributed by atoms with van der Waals surface area (Å²) in [5, 5.41) is 0.781. The fourth-order valence-electron chi connectivity index (χ4n) is 2.09. The average molecular weight is 405 g/mol. The van der Waals surface area contributed by atoms with Gasteiger partial charge in [0.1, 0.15) is 0 Å². The van der Waals surface area contributed by atoms with Crippen molar-refractivity contribution < 1.29 is 0 Å². The fraction of sp³-hybridized carbons (Fsp3) is 0.250. The summed E-state index contributed by atoms with van der Waals surface area (Å²) in [5.41, 5.74) is 2.64. The van der Waals surface area contributed by atoms with Gasteiger partial charge in [-0.05, 0) is 76.7 Å². The van der Waals surface area contributed by atoms with Crippen molar-refractivity contribution in [2.45, 2.75) is 12.8 Å². The molecule has 0 amide bonds. The highest BCUT2D eigenvalue weighted by molar-refractivity contribution is 14.1. The molecule has 3 heteroatoms. The molecular weight excluding hydrogens is 390 g/mol. The minimum Gasteiger partial charge on any atom is -0.126 e. The highest BCUT2D eigenvalue weighted by Gasteiger charge is 2.10. The van der Waals surface area contributed by atoms with Crippen molar-refractivity contribution in [2.24, 2.45) is 5.92 Å². The Kier molecular flexibility index (Phi) is 5.99. The van der Waals surface area contributed by atoms with Crippen LogP contribution in [0.15, 0.2) is 48.5 Å². The van der Waals surface area contributed by atoms with Gasteiger partial charge in [-0.15, -0.1) is 11.6 Å². The third kappa shape index (κ3) is 4.97. The Morgan fingerprint density at radius 3 is 1.79 bits per heavy atom. The summed E-state index contributed by atoms with van der Waals surface area (Å²) in [6, 6.07) is 16.7. The Morgan fingerprint density at radius 2 is 1.32 bits per heavy atom. The maximum atomic E-state index is 6.10. The Hall–Kier alpha value is -0.250. The van der Waals surface area contributed by atoms with E-state index in [1.54, 1.807) is 0 Å². The molecule has 1 atom stereocenters. The van der Waals surface area contributed by atoms with E-state index in [0.717, 1.165) is 17.9 Å². The van der Waals surface area contributed by atoms with Gasteiger partial charge in [0.15, 0.2) is 0 Å². The van der Waals surface area contributed by atoms with Crippen molar-refractivity contribution in [3.05, 3.63) is 68.3 Å². The second-order valence-corrected chi connectivity index (χ2v) is 6.67. The summed E-state index contributed by atoms with van der Waals surface area (Å²) in [5.74, 6) is 1.14. The maximum absolute atomic E-state index is 6.10. The molecule has 0 nitrogen and oxygen atoms in total. The lowest BCUT2D eigenvalue weighted by Crippen LogP contribution is -2.10. The predicted molar refractivity (Wildman–Crippen MR) is 92.2 cm³/mol. The normalized spacial score (nSPS) is 12.4. The summed E-state index contributed by atoms with van der Waals surface area (Å²) in [6.07, 6.45) is 2.01. The van der Waals surface area contributed by atoms with Crippen LogP contribution in [-0.2, 0) is 12.8 Å². The van der Waals surface area contributed by atoms with Crippen LogP contribution in [0.25, 0.3) is 0 Å². The molecule has 1 unspecified atom stereocenters. The maximum Gasteiger partial charge on any atom is 0.0406 e. The van der Waals surface area contributed by atoms with Crippen molar-refractivity contribution in [3.8, 4) is 0 Å². The molecule has 100 valence electrons. The van der Waals surface area contributed by atoms with Crippen LogP contribution in [0.2, 0.25) is 5.02 Å². The first-order valence-corrected chi connectivity index (χ1v) is 8.21. The number of halogens is 3. The lowest BCUT2D eigenvalue weighted by atomic mass is 9.94. The van der Waals surface area contributed by atoms with Crippen LogP contribution in [0.4, 0.5) is 0 Å². The summed E-state index contributed by atoms with van der Waals surface area (Å²) >= 11 is 14.3. The van der Waals surface area contributed by atoms with Crippen LogP contribution in [0.3, 0.4) is 0 Å². The van der Waals surface area contributed by atoms with Crippen LogP contribution in [0.1, 0.15) is 11.1 Å². The van der Waals surface area contributed by atoms with Crippen molar-refractivity contribution >= 4 is 45.8 Å². The molecule has 0 aliphatic carbocycles. The number of alkyl halides is 1. The largest absolute Gasteiger partial charge is 0.126 e. The van der Waals surface area contributed by atoms with Crippen LogP contribution >= 0.6 is 45.8 Å². The number of rotatable bonds is 5. The smallest absolute Gasteiger partial charge is 0.0406 e. The molecule has 19 heavy (non-hydrogen) atoms. The molecule has 0 fully saturated rings. The molecule has 0 saturated heterocycles. The molecule has 0 heterocycles. The quantitative estimate of drug-likeness (QED) is 0.450. The van der Waals surface area contributed by atoms with E-state index in [-0.39, 0.29) is 0 Å². The Morgan fingerprint density at radius 1 is 0.842 bits per heavy atom. The van der Waals surface area contributed by atoms with Crippen molar-refractivity contribution in [3.63, 3.8) is 0 Å². The molecule has 0 aliphatic heterocycles. The highest BCUT2D eigenvalue weighted by atomic mass is 127. The number of hydrogen-bond donors (Lipinski definition) is 0. The van der Waals surface area contributed by atoms with Gasteiger partial charge in [0.2, 0.25) is 0 Å². The monoisotopic (exact) mass is 404 g/mol. The number of hydrogen-bond acceptors (Lipinski definition) is 0. The zero-order valence-corrected chi connectivity index (χ0v) is 14.1. The van der Waals surface area contributed by atoms with Crippen LogP contribution in [0.5, 0.6) is 0 Å². The number of benzene rings is 2. The zero-order valence-electron chi connectivity index (χ0n) is 10.5. The standard InChI is InChI=1S/C16H15Cl2I/c17-11-14(9-12-1-5-15(18)6-2-12)10-13-3-7-16(19)8-4-13/h1-8,14H,9-11H2. The molecule has 2 rings (SSSR count). The second-order valence-electron chi connectivity index (χ2n) is 4.68. The van der Waals surface area contributed by atoms with Gasteiger partial charge in [0.05, 0.1) is 0 Å². The third-order valence-electron chi connectivity index (χ3n) is 3.09. The second kappa shape index (κ2) is 7.51. The SMILES string of the molecule is ClCC(Cc1ccc(Cl)cc1)Cc1ccc(I)cc1. The van der Waals surface area contributed by atoms with Crippen LogP contribution in [0, 0.1) is 9.49 Å². The molecule has 0 radical (unpaired) electrons. The predicted octanol–water partition coefficient (Wildman–Crippen LogP) is 5.58. The van der Waals surface area contributed by atoms with Crippen LogP contribution < -0.4 is 0 Å². The lowest BCUT2D eigenvalue weighted by Gasteiger charge is -2.14. The van der Waals surface area contributed by atoms with E-state index < -0.39 is 0 Å². The fourth-order valence-corrected chi connectivity index (χ4v) is 2.79. The molecular formula is C16H15Cl2I. The van der Waals surface area contributed by atoms with E-state index in [1.807, 2.05) is 12.1 Å². The van der Waals surface area contributed by atoms with E-state index >= 15 is 0 Å². The minimum atomic E-state index is 0.461. The molecule has 0 spiro atoms. The van der Waals surface area contributed by atoms with Crippen molar-refractivity contribution in [2.75, 3.05) is 5.88 Å². The Labute approximate surface area is 138 Å². The zero-order chi connectivity index (χ0) is 13.7. The first-order valence-electron chi connectivity index (χ1n) is 6.22. The van der Waals surface area contributed by atoms with E-state index in [2.05, 4.69) is 59.0 Å². The van der Waals surface area contributed by atoms with Gasteiger partial charge >= 0.3 is 0 Å². The van der Waals surface area contributed by atoms with E-state index in [1.165, 1.54) is 14.7 Å². The molecule has 0 aromatic heterocycles. The van der Waals surface area contributed by atoms with E-state index in [4.69, 9.17) is 23.2 Å². The summed E-state index contributed by atoms with van der Waals surface area (Å²) in [6.45, 7) is 0. The summed E-state index contributed by atoms with van der Waals surface area (Å²) in [7, 11) is 0. The first kappa shape index (κ1) is 15.1. The lowest BCUT2D eigenvalue weighted by molar-refractivity contribution is 0.584. The summed E-state index contributed by atoms with van der Waals surface area (Å²) < 4.78 is 1.27. The van der Waals surface area contributed by atoms with Gasteiger partial charge in [-0.2, -0.15) is 0 Å². The molecule has 0 saturated carbocycles. The van der Waals surface area contributed by atoms with E-state index in [0.29, 0.717) is 11.8 Å². The molecule has 2 aromatic rings. The van der Waals surface area contributed by atoms with E-state index in [9.17, 15) is 0 Å². The van der Waals surface area contributed by atoms with Gasteiger partial charge in [0, 0.05) is 14.5 Å². The highest BCUT2D eigenvalue weighted by Crippen LogP contribution is 2.18. The molecule has 2 aromatic carbocycles. The average Bonchev–Trinajstić information content (AvgIpc) is 2.43. The third-order valence-corrected chi connectivity index (χ3v) is 4.50. The molecule has 0 aliphatic rings. The minimum absolute atomic E-state index is 0.461. The summed E-state index contributed by atoms with van der Waals surface area (Å²) in [4.78, 5) is 0. The van der Waals surface area contributed by atoms with Gasteiger partial charge < -0.3 is 0 Å². The van der Waals surface area contributed by atoms with Gasteiger partial charge in [-0.3, -0.25) is 0 Å². The Bertz CT molecular complexity index is 458. The van der Waals surface area contributed by atoms with Crippen molar-refractivity contribution in [1.82, 2.24) is 0 Å². The van der Waals surface area contributed by atoms with Crippen molar-refractivity contribution in [1.29, 1.82) is 0 Å². The topological polar surface area (TPSA) is 0 Å². The van der Waals surface area contributed by atoms with Gasteiger partial charge in [0.25, 0.3) is 0 Å². The van der Waals surface area contributed by atoms with Gasteiger partial charge in [-0.1, -0.05) is 35.9 Å². The first-order chi connectivity index (χ1) is 9.17. The molecule has 0 N–H and O–H groups in total.